The molecule has 25 heavy (non-hydrogen) atoms. The summed E-state index contributed by atoms with van der Waals surface area (Å²) in [5.74, 6) is -0.214. The summed E-state index contributed by atoms with van der Waals surface area (Å²) in [7, 11) is 0. The Morgan fingerprint density at radius 3 is 2.72 bits per heavy atom. The van der Waals surface area contributed by atoms with Gasteiger partial charge in [0.15, 0.2) is 0 Å². The molecule has 3 rings (SSSR count). The Bertz CT molecular complexity index is 720. The molecule has 132 valence electrons. The van der Waals surface area contributed by atoms with Gasteiger partial charge in [0.05, 0.1) is 23.1 Å². The van der Waals surface area contributed by atoms with Gasteiger partial charge in [-0.05, 0) is 43.7 Å². The monoisotopic (exact) mass is 344 g/mol. The van der Waals surface area contributed by atoms with Crippen LogP contribution >= 0.6 is 0 Å². The van der Waals surface area contributed by atoms with Crippen molar-refractivity contribution in [2.45, 2.75) is 37.8 Å². The summed E-state index contributed by atoms with van der Waals surface area (Å²) < 4.78 is 0. The molecule has 1 aromatic rings. The lowest BCUT2D eigenvalue weighted by Crippen LogP contribution is -2.52. The molecule has 1 aromatic carbocycles. The summed E-state index contributed by atoms with van der Waals surface area (Å²) in [6.45, 7) is 0.853. The van der Waals surface area contributed by atoms with Crippen LogP contribution in [0, 0.1) is 27.4 Å². The molecule has 0 unspecified atom stereocenters. The van der Waals surface area contributed by atoms with E-state index in [9.17, 15) is 14.9 Å². The first-order valence-electron chi connectivity index (χ1n) is 8.37. The quantitative estimate of drug-likeness (QED) is 0.548. The van der Waals surface area contributed by atoms with E-state index in [2.05, 4.69) is 5.32 Å². The fourth-order valence-corrected chi connectivity index (χ4v) is 3.25. The van der Waals surface area contributed by atoms with E-state index < -0.39 is 10.9 Å². The normalized spacial score (nSPS) is 22.1. The lowest BCUT2D eigenvalue weighted by molar-refractivity contribution is -0.384. The van der Waals surface area contributed by atoms with Crippen molar-refractivity contribution in [3.8, 4) is 6.07 Å². The summed E-state index contributed by atoms with van der Waals surface area (Å²) in [6, 6.07) is 6.47. The van der Waals surface area contributed by atoms with Crippen LogP contribution in [-0.4, -0.2) is 46.1 Å². The second-order valence-electron chi connectivity index (χ2n) is 6.83. The number of benzene rings is 1. The Morgan fingerprint density at radius 1 is 1.44 bits per heavy atom. The van der Waals surface area contributed by atoms with Crippen LogP contribution in [0.5, 0.6) is 0 Å². The fourth-order valence-electron chi connectivity index (χ4n) is 3.25. The maximum atomic E-state index is 11.1. The van der Waals surface area contributed by atoms with Gasteiger partial charge in [0.1, 0.15) is 5.69 Å². The van der Waals surface area contributed by atoms with E-state index >= 15 is 0 Å². The molecular formula is C17H20N4O4. The Labute approximate surface area is 145 Å². The smallest absolute Gasteiger partial charge is 0.317 e. The van der Waals surface area contributed by atoms with Crippen LogP contribution in [-0.2, 0) is 4.79 Å². The van der Waals surface area contributed by atoms with E-state index in [1.807, 2.05) is 11.0 Å². The number of anilines is 1. The van der Waals surface area contributed by atoms with E-state index in [1.165, 1.54) is 18.2 Å². The summed E-state index contributed by atoms with van der Waals surface area (Å²) >= 11 is 0. The van der Waals surface area contributed by atoms with Crippen LogP contribution in [0.15, 0.2) is 18.2 Å². The molecule has 0 radical (unpaired) electrons. The van der Waals surface area contributed by atoms with Crippen LogP contribution in [0.4, 0.5) is 11.4 Å². The Morgan fingerprint density at radius 2 is 2.16 bits per heavy atom. The molecule has 0 spiro atoms. The highest BCUT2D eigenvalue weighted by molar-refractivity contribution is 5.69. The molecule has 2 fully saturated rings. The number of nitrogens with one attached hydrogen (secondary N) is 1. The first-order valence-corrected chi connectivity index (χ1v) is 8.37. The highest BCUT2D eigenvalue weighted by atomic mass is 16.6. The van der Waals surface area contributed by atoms with E-state index in [4.69, 9.17) is 10.4 Å². The maximum Gasteiger partial charge on any atom is 0.317 e. The molecule has 0 atom stereocenters. The standard InChI is InChI=1S/C17H20N4O4/c18-8-12-3-4-16(21(24)25)15(5-12)19-13-6-14(7-13)20(10-17(22)23)9-11-1-2-11/h3-5,11,13-14,19H,1-2,6-7,9-10H2,(H,22,23). The predicted octanol–water partition coefficient (Wildman–Crippen LogP) is 2.21. The average Bonchev–Trinajstić information content (AvgIpc) is 3.33. The molecule has 0 amide bonds. The first-order chi connectivity index (χ1) is 12.0. The molecule has 0 saturated heterocycles. The Hall–Kier alpha value is -2.66. The zero-order valence-electron chi connectivity index (χ0n) is 13.7. The molecule has 2 saturated carbocycles. The Balaban J connectivity index is 1.61. The number of hydrogen-bond acceptors (Lipinski definition) is 6. The summed E-state index contributed by atoms with van der Waals surface area (Å²) in [6.07, 6.45) is 3.82. The van der Waals surface area contributed by atoms with Crippen LogP contribution in [0.3, 0.4) is 0 Å². The number of rotatable bonds is 8. The van der Waals surface area contributed by atoms with E-state index in [-0.39, 0.29) is 24.3 Å². The van der Waals surface area contributed by atoms with Crippen LogP contribution in [0.2, 0.25) is 0 Å². The highest BCUT2D eigenvalue weighted by Gasteiger charge is 2.37. The number of nitriles is 1. The largest absolute Gasteiger partial charge is 0.480 e. The second kappa shape index (κ2) is 7.07. The first kappa shape index (κ1) is 17.2. The van der Waals surface area contributed by atoms with Gasteiger partial charge in [-0.3, -0.25) is 19.8 Å². The second-order valence-corrected chi connectivity index (χ2v) is 6.83. The molecule has 0 bridgehead atoms. The molecule has 0 heterocycles. The number of nitro groups is 1. The van der Waals surface area contributed by atoms with E-state index in [0.717, 1.165) is 32.2 Å². The van der Waals surface area contributed by atoms with Gasteiger partial charge in [0.2, 0.25) is 0 Å². The van der Waals surface area contributed by atoms with Gasteiger partial charge >= 0.3 is 5.97 Å². The third-order valence-corrected chi connectivity index (χ3v) is 4.84. The van der Waals surface area contributed by atoms with Crippen molar-refractivity contribution in [3.63, 3.8) is 0 Å². The van der Waals surface area contributed by atoms with Gasteiger partial charge in [-0.25, -0.2) is 0 Å². The third kappa shape index (κ3) is 4.25. The topological polar surface area (TPSA) is 119 Å². The minimum Gasteiger partial charge on any atom is -0.480 e. The van der Waals surface area contributed by atoms with Crippen LogP contribution < -0.4 is 5.32 Å². The summed E-state index contributed by atoms with van der Waals surface area (Å²) in [5, 5.41) is 32.3. The van der Waals surface area contributed by atoms with Gasteiger partial charge in [-0.2, -0.15) is 5.26 Å². The number of carbonyl (C=O) groups is 1. The van der Waals surface area contributed by atoms with Gasteiger partial charge in [-0.15, -0.1) is 0 Å². The van der Waals surface area contributed by atoms with E-state index in [1.54, 1.807) is 0 Å². The van der Waals surface area contributed by atoms with Crippen molar-refractivity contribution < 1.29 is 14.8 Å². The van der Waals surface area contributed by atoms with Gasteiger partial charge in [-0.1, -0.05) is 0 Å². The van der Waals surface area contributed by atoms with Gasteiger partial charge < -0.3 is 10.4 Å². The van der Waals surface area contributed by atoms with E-state index in [0.29, 0.717) is 17.2 Å². The Kier molecular flexibility index (Phi) is 4.86. The molecular weight excluding hydrogens is 324 g/mol. The number of carboxylic acid groups (broad SMARTS) is 1. The molecule has 0 aromatic heterocycles. The van der Waals surface area contributed by atoms with Crippen LogP contribution in [0.1, 0.15) is 31.2 Å². The summed E-state index contributed by atoms with van der Waals surface area (Å²) in [4.78, 5) is 23.7. The molecule has 2 aliphatic carbocycles. The number of nitrogens with zero attached hydrogens (tertiary/aromatic N) is 3. The zero-order valence-corrected chi connectivity index (χ0v) is 13.7. The minimum absolute atomic E-state index is 0.0396. The van der Waals surface area contributed by atoms with Crippen molar-refractivity contribution in [2.24, 2.45) is 5.92 Å². The maximum absolute atomic E-state index is 11.1. The summed E-state index contributed by atoms with van der Waals surface area (Å²) in [5.41, 5.74) is 0.660. The van der Waals surface area contributed by atoms with Crippen molar-refractivity contribution in [1.82, 2.24) is 4.90 Å². The molecule has 0 aliphatic heterocycles. The van der Waals surface area contributed by atoms with Gasteiger partial charge in [0, 0.05) is 24.7 Å². The lowest BCUT2D eigenvalue weighted by Gasteiger charge is -2.43. The number of aliphatic carboxylic acids is 1. The number of carboxylic acids is 1. The lowest BCUT2D eigenvalue weighted by atomic mass is 9.85. The SMILES string of the molecule is N#Cc1ccc([N+](=O)[O-])c(NC2CC(N(CC(=O)O)CC3CC3)C2)c1. The van der Waals surface area contributed by atoms with Gasteiger partial charge in [0.25, 0.3) is 5.69 Å². The van der Waals surface area contributed by atoms with Crippen LogP contribution in [0.25, 0.3) is 0 Å². The number of nitro benzene ring substituents is 1. The third-order valence-electron chi connectivity index (χ3n) is 4.84. The molecule has 8 nitrogen and oxygen atoms in total. The number of hydrogen-bond donors (Lipinski definition) is 2. The van der Waals surface area contributed by atoms with Crippen molar-refractivity contribution in [2.75, 3.05) is 18.4 Å². The predicted molar refractivity (Wildman–Crippen MR) is 90.2 cm³/mol. The average molecular weight is 344 g/mol. The minimum atomic E-state index is -0.825. The van der Waals surface area contributed by atoms with Crippen molar-refractivity contribution in [3.05, 3.63) is 33.9 Å². The van der Waals surface area contributed by atoms with Crippen molar-refractivity contribution in [1.29, 1.82) is 5.26 Å². The molecule has 2 N–H and O–H groups in total. The fraction of sp³-hybridized carbons (Fsp3) is 0.529. The van der Waals surface area contributed by atoms with Crippen molar-refractivity contribution >= 4 is 17.3 Å². The molecule has 8 heteroatoms. The highest BCUT2D eigenvalue weighted by Crippen LogP contribution is 2.36. The molecule has 2 aliphatic rings. The zero-order chi connectivity index (χ0) is 18.0.